The molecule has 3 aromatic rings. The molecule has 0 bridgehead atoms. The third kappa shape index (κ3) is 2.24. The molecule has 0 fully saturated rings. The fourth-order valence-electron chi connectivity index (χ4n) is 1.76. The van der Waals surface area contributed by atoms with E-state index < -0.39 is 5.91 Å². The van der Waals surface area contributed by atoms with Gasteiger partial charge in [0.2, 0.25) is 0 Å². The van der Waals surface area contributed by atoms with E-state index in [1.165, 1.54) is 12.4 Å². The van der Waals surface area contributed by atoms with Crippen LogP contribution >= 0.6 is 0 Å². The minimum Gasteiger partial charge on any atom is -0.382 e. The summed E-state index contributed by atoms with van der Waals surface area (Å²) in [5.41, 5.74) is 7.74. The van der Waals surface area contributed by atoms with Gasteiger partial charge in [0.25, 0.3) is 5.91 Å². The third-order valence-electron chi connectivity index (χ3n) is 2.67. The molecule has 0 saturated heterocycles. The topological polar surface area (TPSA) is 107 Å². The van der Waals surface area contributed by atoms with Crippen LogP contribution in [0.25, 0.3) is 11.0 Å². The molecule has 2 heterocycles. The zero-order valence-corrected chi connectivity index (χ0v) is 10.3. The molecule has 3 rings (SSSR count). The Bertz CT molecular complexity index is 788. The number of nitrogens with one attached hydrogen (secondary N) is 1. The average molecular weight is 266 g/mol. The largest absolute Gasteiger partial charge is 0.382 e. The predicted octanol–water partition coefficient (Wildman–Crippen LogP) is 1.25. The number of nitrogens with two attached hydrogens (primary N) is 1. The summed E-state index contributed by atoms with van der Waals surface area (Å²) >= 11 is 0. The van der Waals surface area contributed by atoms with Crippen molar-refractivity contribution in [2.75, 3.05) is 11.1 Å². The van der Waals surface area contributed by atoms with Gasteiger partial charge in [-0.15, -0.1) is 0 Å². The summed E-state index contributed by atoms with van der Waals surface area (Å²) in [6, 6.07) is 5.24. The molecule has 98 valence electrons. The number of fused-ring (bicyclic) bond motifs is 1. The molecule has 20 heavy (non-hydrogen) atoms. The van der Waals surface area contributed by atoms with E-state index in [2.05, 4.69) is 25.3 Å². The van der Waals surface area contributed by atoms with E-state index in [1.54, 1.807) is 30.6 Å². The summed E-state index contributed by atoms with van der Waals surface area (Å²) in [5, 5.41) is 2.70. The van der Waals surface area contributed by atoms with Gasteiger partial charge in [-0.1, -0.05) is 0 Å². The molecule has 0 saturated carbocycles. The summed E-state index contributed by atoms with van der Waals surface area (Å²) in [5.74, 6) is -0.329. The van der Waals surface area contributed by atoms with Crippen LogP contribution in [0, 0.1) is 0 Å². The van der Waals surface area contributed by atoms with Crippen LogP contribution in [0.3, 0.4) is 0 Å². The Morgan fingerprint density at radius 2 is 1.65 bits per heavy atom. The van der Waals surface area contributed by atoms with Crippen molar-refractivity contribution < 1.29 is 4.79 Å². The van der Waals surface area contributed by atoms with Crippen LogP contribution in [0.1, 0.15) is 10.5 Å². The van der Waals surface area contributed by atoms with Gasteiger partial charge in [-0.2, -0.15) is 0 Å². The number of anilines is 2. The first-order chi connectivity index (χ1) is 9.74. The van der Waals surface area contributed by atoms with Crippen LogP contribution in [0.2, 0.25) is 0 Å². The molecule has 0 spiro atoms. The molecule has 1 aromatic carbocycles. The highest BCUT2D eigenvalue weighted by Crippen LogP contribution is 2.16. The number of aromatic nitrogens is 4. The molecule has 0 aliphatic carbocycles. The van der Waals surface area contributed by atoms with Gasteiger partial charge in [0, 0.05) is 30.5 Å². The summed E-state index contributed by atoms with van der Waals surface area (Å²) in [6.45, 7) is 0. The van der Waals surface area contributed by atoms with Crippen molar-refractivity contribution in [3.05, 3.63) is 48.7 Å². The number of carbonyl (C=O) groups is 1. The van der Waals surface area contributed by atoms with Gasteiger partial charge < -0.3 is 11.1 Å². The SMILES string of the molecule is Nc1nccnc1C(=O)Nc1ccc2nccnc2c1. The second-order valence-corrected chi connectivity index (χ2v) is 4.00. The van der Waals surface area contributed by atoms with Crippen molar-refractivity contribution in [2.45, 2.75) is 0 Å². The Morgan fingerprint density at radius 1 is 0.950 bits per heavy atom. The lowest BCUT2D eigenvalue weighted by atomic mass is 10.2. The summed E-state index contributed by atoms with van der Waals surface area (Å²) in [4.78, 5) is 28.1. The van der Waals surface area contributed by atoms with Crippen molar-refractivity contribution >= 4 is 28.4 Å². The van der Waals surface area contributed by atoms with E-state index in [1.807, 2.05) is 0 Å². The van der Waals surface area contributed by atoms with Gasteiger partial charge in [-0.05, 0) is 18.2 Å². The Morgan fingerprint density at radius 3 is 2.45 bits per heavy atom. The Kier molecular flexibility index (Phi) is 2.92. The molecule has 0 aliphatic rings. The fourth-order valence-corrected chi connectivity index (χ4v) is 1.76. The summed E-state index contributed by atoms with van der Waals surface area (Å²) in [6.07, 6.45) is 6.05. The van der Waals surface area contributed by atoms with Crippen molar-refractivity contribution in [2.24, 2.45) is 0 Å². The van der Waals surface area contributed by atoms with E-state index in [0.717, 1.165) is 5.52 Å². The lowest BCUT2D eigenvalue weighted by molar-refractivity contribution is 0.102. The smallest absolute Gasteiger partial charge is 0.278 e. The zero-order chi connectivity index (χ0) is 13.9. The molecular formula is C13H10N6O. The Balaban J connectivity index is 1.89. The number of hydrogen-bond donors (Lipinski definition) is 2. The molecule has 0 aliphatic heterocycles. The van der Waals surface area contributed by atoms with E-state index in [-0.39, 0.29) is 11.5 Å². The standard InChI is InChI=1S/C13H10N6O/c14-12-11(17-5-6-18-12)13(20)19-8-1-2-9-10(7-8)16-4-3-15-9/h1-7H,(H2,14,18)(H,19,20). The average Bonchev–Trinajstić information content (AvgIpc) is 2.47. The number of benzene rings is 1. The lowest BCUT2D eigenvalue weighted by Crippen LogP contribution is -2.16. The quantitative estimate of drug-likeness (QED) is 0.723. The first-order valence-electron chi connectivity index (χ1n) is 5.82. The van der Waals surface area contributed by atoms with Crippen LogP contribution in [0.4, 0.5) is 11.5 Å². The third-order valence-corrected chi connectivity index (χ3v) is 2.67. The first-order valence-corrected chi connectivity index (χ1v) is 5.82. The lowest BCUT2D eigenvalue weighted by Gasteiger charge is -2.06. The van der Waals surface area contributed by atoms with E-state index in [9.17, 15) is 4.79 Å². The van der Waals surface area contributed by atoms with Gasteiger partial charge >= 0.3 is 0 Å². The van der Waals surface area contributed by atoms with Crippen molar-refractivity contribution in [1.29, 1.82) is 0 Å². The first kappa shape index (κ1) is 12.0. The molecule has 1 amide bonds. The van der Waals surface area contributed by atoms with Gasteiger partial charge in [0.1, 0.15) is 0 Å². The number of amides is 1. The molecule has 0 atom stereocenters. The fraction of sp³-hybridized carbons (Fsp3) is 0. The maximum absolute atomic E-state index is 12.0. The highest BCUT2D eigenvalue weighted by Gasteiger charge is 2.12. The summed E-state index contributed by atoms with van der Waals surface area (Å²) in [7, 11) is 0. The minimum atomic E-state index is -0.418. The molecule has 0 radical (unpaired) electrons. The van der Waals surface area contributed by atoms with Gasteiger partial charge in [-0.3, -0.25) is 14.8 Å². The van der Waals surface area contributed by atoms with Crippen LogP contribution in [0.15, 0.2) is 43.0 Å². The highest BCUT2D eigenvalue weighted by atomic mass is 16.1. The van der Waals surface area contributed by atoms with Gasteiger partial charge in [0.05, 0.1) is 11.0 Å². The van der Waals surface area contributed by atoms with Gasteiger partial charge in [-0.25, -0.2) is 9.97 Å². The number of carbonyl (C=O) groups excluding carboxylic acids is 1. The molecule has 7 nitrogen and oxygen atoms in total. The van der Waals surface area contributed by atoms with Crippen LogP contribution in [0.5, 0.6) is 0 Å². The molecular weight excluding hydrogens is 256 g/mol. The molecule has 2 aromatic heterocycles. The van der Waals surface area contributed by atoms with E-state index >= 15 is 0 Å². The Labute approximate surface area is 113 Å². The maximum atomic E-state index is 12.0. The molecule has 3 N–H and O–H groups in total. The summed E-state index contributed by atoms with van der Waals surface area (Å²) < 4.78 is 0. The highest BCUT2D eigenvalue weighted by molar-refractivity contribution is 6.06. The van der Waals surface area contributed by atoms with Crippen molar-refractivity contribution in [1.82, 2.24) is 19.9 Å². The van der Waals surface area contributed by atoms with Gasteiger partial charge in [0.15, 0.2) is 11.5 Å². The minimum absolute atomic E-state index is 0.0885. The van der Waals surface area contributed by atoms with Crippen molar-refractivity contribution in [3.63, 3.8) is 0 Å². The van der Waals surface area contributed by atoms with Crippen LogP contribution in [-0.2, 0) is 0 Å². The second-order valence-electron chi connectivity index (χ2n) is 4.00. The normalized spacial score (nSPS) is 10.4. The van der Waals surface area contributed by atoms with E-state index in [4.69, 9.17) is 5.73 Å². The second kappa shape index (κ2) is 4.88. The number of hydrogen-bond acceptors (Lipinski definition) is 6. The Hall–Kier alpha value is -3.09. The van der Waals surface area contributed by atoms with E-state index in [0.29, 0.717) is 11.2 Å². The molecule has 0 unspecified atom stereocenters. The zero-order valence-electron chi connectivity index (χ0n) is 10.3. The number of nitrogens with zero attached hydrogens (tertiary/aromatic N) is 4. The number of rotatable bonds is 2. The molecule has 7 heteroatoms. The maximum Gasteiger partial charge on any atom is 0.278 e. The van der Waals surface area contributed by atoms with Crippen LogP contribution < -0.4 is 11.1 Å². The number of nitrogen functional groups attached to an aromatic ring is 1. The monoisotopic (exact) mass is 266 g/mol. The van der Waals surface area contributed by atoms with Crippen LogP contribution in [-0.4, -0.2) is 25.8 Å². The predicted molar refractivity (Wildman–Crippen MR) is 73.9 cm³/mol. The van der Waals surface area contributed by atoms with Crippen molar-refractivity contribution in [3.8, 4) is 0 Å².